The molecule has 6 aromatic rings. The molecule has 4 unspecified atom stereocenters. The molecule has 0 spiro atoms. The lowest BCUT2D eigenvalue weighted by molar-refractivity contribution is -0.0753. The van der Waals surface area contributed by atoms with E-state index in [9.17, 15) is 0 Å². The molecule has 0 aliphatic heterocycles. The van der Waals surface area contributed by atoms with Crippen LogP contribution in [0.25, 0.3) is 0 Å². The van der Waals surface area contributed by atoms with E-state index in [2.05, 4.69) is 140 Å². The summed E-state index contributed by atoms with van der Waals surface area (Å²) in [5, 5.41) is 0. The van der Waals surface area contributed by atoms with Gasteiger partial charge in [0.25, 0.3) is 0 Å². The van der Waals surface area contributed by atoms with Gasteiger partial charge in [-0.2, -0.15) is 0 Å². The average molecular weight is 791 g/mol. The number of benzene rings is 6. The smallest absolute Gasteiger partial charge is 0.127 e. The molecule has 0 amide bonds. The topological polar surface area (TPSA) is 46.2 Å². The summed E-state index contributed by atoms with van der Waals surface area (Å²) in [5.74, 6) is 4.95. The normalized spacial score (nSPS) is 13.8. The van der Waals surface area contributed by atoms with Gasteiger partial charge in [0.15, 0.2) is 0 Å². The Bertz CT molecular complexity index is 2000. The summed E-state index contributed by atoms with van der Waals surface area (Å²) >= 11 is 0. The maximum atomic E-state index is 7.69. The quantitative estimate of drug-likeness (QED) is 0.0771. The highest BCUT2D eigenvalue weighted by Gasteiger charge is 2.40. The number of rotatable bonds is 20. The second-order valence-electron chi connectivity index (χ2n) is 16.8. The van der Waals surface area contributed by atoms with Crippen molar-refractivity contribution in [3.8, 4) is 34.5 Å². The van der Waals surface area contributed by atoms with Gasteiger partial charge in [-0.05, 0) is 135 Å². The summed E-state index contributed by atoms with van der Waals surface area (Å²) < 4.78 is 32.7. The van der Waals surface area contributed by atoms with E-state index in [1.807, 2.05) is 72.8 Å². The second-order valence-corrected chi connectivity index (χ2v) is 16.8. The van der Waals surface area contributed by atoms with Crippen molar-refractivity contribution < 1.29 is 23.7 Å². The first-order chi connectivity index (χ1) is 28.4. The summed E-state index contributed by atoms with van der Waals surface area (Å²) in [7, 11) is 0. The van der Waals surface area contributed by atoms with E-state index in [1.165, 1.54) is 11.1 Å². The van der Waals surface area contributed by atoms with Crippen LogP contribution >= 0.6 is 0 Å². The van der Waals surface area contributed by atoms with Crippen LogP contribution in [0.3, 0.4) is 0 Å². The second kappa shape index (κ2) is 20.0. The number of hydrogen-bond donors (Lipinski definition) is 0. The minimum absolute atomic E-state index is 0.144. The Hall–Kier alpha value is -5.52. The van der Waals surface area contributed by atoms with Crippen LogP contribution in [0.1, 0.15) is 90.5 Å². The highest BCUT2D eigenvalue weighted by molar-refractivity contribution is 5.39. The van der Waals surface area contributed by atoms with Crippen LogP contribution < -0.4 is 18.9 Å². The fourth-order valence-corrected chi connectivity index (χ4v) is 7.22. The van der Waals surface area contributed by atoms with Gasteiger partial charge in [0.05, 0.1) is 24.4 Å². The van der Waals surface area contributed by atoms with Gasteiger partial charge in [-0.15, -0.1) is 0 Å². The Balaban J connectivity index is 1.38. The summed E-state index contributed by atoms with van der Waals surface area (Å²) in [4.78, 5) is 0. The van der Waals surface area contributed by atoms with Crippen LogP contribution in [0.15, 0.2) is 158 Å². The van der Waals surface area contributed by atoms with E-state index in [-0.39, 0.29) is 24.4 Å². The lowest BCUT2D eigenvalue weighted by atomic mass is 9.74. The Morgan fingerprint density at radius 1 is 0.407 bits per heavy atom. The Morgan fingerprint density at radius 3 is 1.12 bits per heavy atom. The van der Waals surface area contributed by atoms with Crippen molar-refractivity contribution in [1.29, 1.82) is 0 Å². The van der Waals surface area contributed by atoms with E-state index in [0.29, 0.717) is 12.8 Å². The highest BCUT2D eigenvalue weighted by Crippen LogP contribution is 2.40. The maximum Gasteiger partial charge on any atom is 0.127 e. The minimum Gasteiger partial charge on any atom is -0.491 e. The fraction of sp³-hybridized carbons (Fsp3) is 0.333. The molecule has 0 saturated carbocycles. The lowest BCUT2D eigenvalue weighted by Crippen LogP contribution is -2.46. The van der Waals surface area contributed by atoms with Crippen molar-refractivity contribution in [3.63, 3.8) is 0 Å². The molecule has 5 nitrogen and oxygen atoms in total. The zero-order valence-electron chi connectivity index (χ0n) is 36.2. The molecular formula is C54H62O5. The van der Waals surface area contributed by atoms with Gasteiger partial charge < -0.3 is 23.7 Å². The summed E-state index contributed by atoms with van der Waals surface area (Å²) in [6, 6.07) is 53.8. The highest BCUT2D eigenvalue weighted by atomic mass is 16.5. The molecule has 6 rings (SSSR count). The maximum absolute atomic E-state index is 7.69. The van der Waals surface area contributed by atoms with Gasteiger partial charge in [-0.1, -0.05) is 126 Å². The van der Waals surface area contributed by atoms with Crippen LogP contribution in [0.2, 0.25) is 0 Å². The SMILES string of the molecule is CCC(C)Oc1ccc(C(C)(C)C(Cc2cccc(Oc3ccccc3)c2)OC(Cc2cccc(Oc3ccccc3)c2)C(C)(C)c2ccc(OC(C)CC)cc2)cc1. The minimum atomic E-state index is -0.411. The van der Waals surface area contributed by atoms with E-state index in [4.69, 9.17) is 23.7 Å². The number of hydrogen-bond acceptors (Lipinski definition) is 5. The molecule has 6 aromatic carbocycles. The standard InChI is InChI=1S/C54H62O5/c1-9-39(3)55-47-31-27-43(28-32-47)53(5,6)51(37-41-19-17-25-49(35-41)57-45-21-13-11-14-22-45)59-52(54(7,8)44-29-33-48(34-30-44)56-40(4)10-2)38-42-20-18-26-50(36-42)58-46-23-15-12-16-24-46/h11-36,39-40,51-52H,9-10,37-38H2,1-8H3. The van der Waals surface area contributed by atoms with Crippen molar-refractivity contribution >= 4 is 0 Å². The zero-order chi connectivity index (χ0) is 41.8. The zero-order valence-corrected chi connectivity index (χ0v) is 36.2. The third-order valence-electron chi connectivity index (χ3n) is 11.6. The molecule has 4 atom stereocenters. The largest absolute Gasteiger partial charge is 0.491 e. The van der Waals surface area contributed by atoms with Gasteiger partial charge in [-0.25, -0.2) is 0 Å². The molecule has 0 heterocycles. The Kier molecular flexibility index (Phi) is 14.6. The first-order valence-corrected chi connectivity index (χ1v) is 21.3. The van der Waals surface area contributed by atoms with Crippen LogP contribution in [0.5, 0.6) is 34.5 Å². The summed E-state index contributed by atoms with van der Waals surface area (Å²) in [6.07, 6.45) is 3.03. The van der Waals surface area contributed by atoms with Gasteiger partial charge in [0.1, 0.15) is 34.5 Å². The van der Waals surface area contributed by atoms with Gasteiger partial charge in [0, 0.05) is 10.8 Å². The Morgan fingerprint density at radius 2 is 0.763 bits per heavy atom. The predicted octanol–water partition coefficient (Wildman–Crippen LogP) is 14.1. The molecule has 0 fully saturated rings. The lowest BCUT2D eigenvalue weighted by Gasteiger charge is -2.43. The van der Waals surface area contributed by atoms with Crippen LogP contribution in [-0.2, 0) is 28.4 Å². The van der Waals surface area contributed by atoms with Crippen LogP contribution in [0, 0.1) is 0 Å². The summed E-state index contributed by atoms with van der Waals surface area (Å²) in [5.41, 5.74) is 3.80. The van der Waals surface area contributed by atoms with Crippen molar-refractivity contribution in [2.45, 2.75) is 116 Å². The van der Waals surface area contributed by atoms with E-state index in [0.717, 1.165) is 58.5 Å². The van der Waals surface area contributed by atoms with Crippen molar-refractivity contribution in [1.82, 2.24) is 0 Å². The molecule has 0 N–H and O–H groups in total. The molecule has 0 aromatic heterocycles. The predicted molar refractivity (Wildman–Crippen MR) is 242 cm³/mol. The fourth-order valence-electron chi connectivity index (χ4n) is 7.22. The van der Waals surface area contributed by atoms with Crippen molar-refractivity contribution in [3.05, 3.63) is 180 Å². The average Bonchev–Trinajstić information content (AvgIpc) is 3.24. The van der Waals surface area contributed by atoms with Crippen molar-refractivity contribution in [2.24, 2.45) is 0 Å². The number of para-hydroxylation sites is 2. The van der Waals surface area contributed by atoms with E-state index >= 15 is 0 Å². The van der Waals surface area contributed by atoms with Gasteiger partial charge in [0.2, 0.25) is 0 Å². The summed E-state index contributed by atoms with van der Waals surface area (Å²) in [6.45, 7) is 17.7. The molecule has 308 valence electrons. The van der Waals surface area contributed by atoms with Crippen LogP contribution in [-0.4, -0.2) is 24.4 Å². The van der Waals surface area contributed by atoms with Crippen molar-refractivity contribution in [2.75, 3.05) is 0 Å². The molecule has 59 heavy (non-hydrogen) atoms. The molecular weight excluding hydrogens is 729 g/mol. The molecule has 0 aliphatic carbocycles. The van der Waals surface area contributed by atoms with Gasteiger partial charge in [-0.3, -0.25) is 0 Å². The first-order valence-electron chi connectivity index (χ1n) is 21.3. The molecule has 0 bridgehead atoms. The van der Waals surface area contributed by atoms with Crippen LogP contribution in [0.4, 0.5) is 0 Å². The molecule has 0 saturated heterocycles. The monoisotopic (exact) mass is 790 g/mol. The third kappa shape index (κ3) is 11.8. The van der Waals surface area contributed by atoms with E-state index < -0.39 is 10.8 Å². The Labute approximate surface area is 353 Å². The first kappa shape index (κ1) is 43.1. The van der Waals surface area contributed by atoms with Gasteiger partial charge >= 0.3 is 0 Å². The molecule has 0 aliphatic rings. The third-order valence-corrected chi connectivity index (χ3v) is 11.6. The molecule has 0 radical (unpaired) electrons. The molecule has 5 heteroatoms. The number of ether oxygens (including phenoxy) is 5. The van der Waals surface area contributed by atoms with E-state index in [1.54, 1.807) is 0 Å².